The number of hydrogen-bond acceptors (Lipinski definition) is 4. The molecule has 0 aromatic heterocycles. The summed E-state index contributed by atoms with van der Waals surface area (Å²) in [6.45, 7) is 2.19. The van der Waals surface area contributed by atoms with Crippen LogP contribution in [0.15, 0.2) is 28.0 Å². The molecule has 0 saturated carbocycles. The first kappa shape index (κ1) is 23.1. The lowest BCUT2D eigenvalue weighted by molar-refractivity contribution is 0.477. The molecule has 0 bridgehead atoms. The van der Waals surface area contributed by atoms with Gasteiger partial charge in [-0.2, -0.15) is 16.8 Å². The van der Waals surface area contributed by atoms with Crippen LogP contribution in [0, 0.1) is 0 Å². The average Bonchev–Trinajstić information content (AvgIpc) is 2.54. The Morgan fingerprint density at radius 1 is 0.731 bits per heavy atom. The van der Waals surface area contributed by atoms with Crippen LogP contribution in [0.1, 0.15) is 76.7 Å². The van der Waals surface area contributed by atoms with Gasteiger partial charge in [0.1, 0.15) is 0 Å². The molecule has 0 heterocycles. The average molecular weight is 407 g/mol. The van der Waals surface area contributed by atoms with E-state index in [1.165, 1.54) is 38.5 Å². The van der Waals surface area contributed by atoms with Gasteiger partial charge in [-0.05, 0) is 36.6 Å². The summed E-state index contributed by atoms with van der Waals surface area (Å²) >= 11 is 0. The minimum atomic E-state index is -4.43. The molecule has 6 nitrogen and oxygen atoms in total. The van der Waals surface area contributed by atoms with Crippen LogP contribution in [-0.2, 0) is 26.7 Å². The van der Waals surface area contributed by atoms with Gasteiger partial charge in [0.25, 0.3) is 20.2 Å². The van der Waals surface area contributed by atoms with Crippen LogP contribution in [0.3, 0.4) is 0 Å². The van der Waals surface area contributed by atoms with Gasteiger partial charge in [0.05, 0.1) is 9.79 Å². The quantitative estimate of drug-likeness (QED) is 0.365. The molecule has 0 aliphatic heterocycles. The molecule has 0 saturated heterocycles. The zero-order valence-electron chi connectivity index (χ0n) is 15.4. The lowest BCUT2D eigenvalue weighted by atomic mass is 10.0. The molecule has 8 heteroatoms. The summed E-state index contributed by atoms with van der Waals surface area (Å²) in [5.74, 6) is 0. The molecule has 0 aliphatic carbocycles. The topological polar surface area (TPSA) is 109 Å². The molecule has 0 atom stereocenters. The third-order valence-corrected chi connectivity index (χ3v) is 6.21. The number of aryl methyl sites for hydroxylation is 1. The Kier molecular flexibility index (Phi) is 9.78. The van der Waals surface area contributed by atoms with Gasteiger partial charge in [0, 0.05) is 0 Å². The van der Waals surface area contributed by atoms with Crippen LogP contribution in [0.5, 0.6) is 0 Å². The van der Waals surface area contributed by atoms with Crippen molar-refractivity contribution >= 4 is 20.2 Å². The molecule has 1 aromatic carbocycles. The summed E-state index contributed by atoms with van der Waals surface area (Å²) in [4.78, 5) is -0.673. The number of rotatable bonds is 13. The normalized spacial score (nSPS) is 12.4. The van der Waals surface area contributed by atoms with Gasteiger partial charge in [0.15, 0.2) is 0 Å². The molecule has 1 rings (SSSR count). The maximum atomic E-state index is 11.4. The Morgan fingerprint density at radius 3 is 1.69 bits per heavy atom. The fraction of sp³-hybridized carbons (Fsp3) is 0.667. The molecule has 26 heavy (non-hydrogen) atoms. The molecule has 0 radical (unpaired) electrons. The Labute approximate surface area is 157 Å². The SMILES string of the molecule is CCCCCCCCCCCCc1cc(S(=O)(=O)O)ccc1S(=O)(=O)O. The summed E-state index contributed by atoms with van der Waals surface area (Å²) in [5.41, 5.74) is 0.210. The zero-order chi connectivity index (χ0) is 19.6. The van der Waals surface area contributed by atoms with Crippen molar-refractivity contribution in [3.05, 3.63) is 23.8 Å². The fourth-order valence-electron chi connectivity index (χ4n) is 2.97. The van der Waals surface area contributed by atoms with Gasteiger partial charge in [0.2, 0.25) is 0 Å². The highest BCUT2D eigenvalue weighted by Crippen LogP contribution is 2.22. The smallest absolute Gasteiger partial charge is 0.282 e. The summed E-state index contributed by atoms with van der Waals surface area (Å²) in [6.07, 6.45) is 11.6. The number of hydrogen-bond donors (Lipinski definition) is 2. The van der Waals surface area contributed by atoms with Crippen LogP contribution < -0.4 is 0 Å². The van der Waals surface area contributed by atoms with Crippen molar-refractivity contribution < 1.29 is 25.9 Å². The van der Waals surface area contributed by atoms with E-state index in [1.54, 1.807) is 0 Å². The second-order valence-corrected chi connectivity index (χ2v) is 9.46. The maximum absolute atomic E-state index is 11.4. The van der Waals surface area contributed by atoms with Gasteiger partial charge in [-0.3, -0.25) is 9.11 Å². The predicted molar refractivity (Wildman–Crippen MR) is 102 cm³/mol. The van der Waals surface area contributed by atoms with E-state index in [4.69, 9.17) is 4.55 Å². The van der Waals surface area contributed by atoms with E-state index in [9.17, 15) is 21.4 Å². The Bertz CT molecular complexity index is 754. The highest BCUT2D eigenvalue weighted by molar-refractivity contribution is 7.86. The Balaban J connectivity index is 2.50. The van der Waals surface area contributed by atoms with Gasteiger partial charge in [-0.25, -0.2) is 0 Å². The number of benzene rings is 1. The minimum Gasteiger partial charge on any atom is -0.282 e. The monoisotopic (exact) mass is 406 g/mol. The Hall–Kier alpha value is -0.960. The third kappa shape index (κ3) is 8.62. The highest BCUT2D eigenvalue weighted by atomic mass is 32.2. The van der Waals surface area contributed by atoms with Crippen molar-refractivity contribution in [3.63, 3.8) is 0 Å². The second-order valence-electron chi connectivity index (χ2n) is 6.65. The lowest BCUT2D eigenvalue weighted by Gasteiger charge is -2.09. The standard InChI is InChI=1S/C18H30O6S2/c1-2-3-4-5-6-7-8-9-10-11-12-16-15-17(25(19,20)21)13-14-18(16)26(22,23)24/h13-15H,2-12H2,1H3,(H,19,20,21)(H,22,23,24). The van der Waals surface area contributed by atoms with Crippen molar-refractivity contribution in [2.24, 2.45) is 0 Å². The first-order chi connectivity index (χ1) is 12.2. The highest BCUT2D eigenvalue weighted by Gasteiger charge is 2.19. The molecule has 0 amide bonds. The summed E-state index contributed by atoms with van der Waals surface area (Å²) in [6, 6.07) is 3.11. The molecule has 0 fully saturated rings. The van der Waals surface area contributed by atoms with E-state index in [1.807, 2.05) is 0 Å². The summed E-state index contributed by atoms with van der Waals surface area (Å²) < 4.78 is 63.7. The zero-order valence-corrected chi connectivity index (χ0v) is 17.0. The van der Waals surface area contributed by atoms with E-state index in [-0.39, 0.29) is 15.4 Å². The lowest BCUT2D eigenvalue weighted by Crippen LogP contribution is -2.06. The van der Waals surface area contributed by atoms with Crippen LogP contribution in [0.2, 0.25) is 0 Å². The summed E-state index contributed by atoms with van der Waals surface area (Å²) in [5, 5.41) is 0. The van der Waals surface area contributed by atoms with E-state index in [0.717, 1.165) is 37.5 Å². The molecule has 0 aliphatic rings. The van der Waals surface area contributed by atoms with Crippen LogP contribution >= 0.6 is 0 Å². The first-order valence-corrected chi connectivity index (χ1v) is 12.1. The van der Waals surface area contributed by atoms with Gasteiger partial charge in [-0.15, -0.1) is 0 Å². The molecular weight excluding hydrogens is 376 g/mol. The van der Waals surface area contributed by atoms with Crippen molar-refractivity contribution in [3.8, 4) is 0 Å². The largest absolute Gasteiger partial charge is 0.294 e. The summed E-state index contributed by atoms with van der Waals surface area (Å²) in [7, 11) is -8.85. The van der Waals surface area contributed by atoms with Crippen LogP contribution in [0.25, 0.3) is 0 Å². The van der Waals surface area contributed by atoms with Crippen molar-refractivity contribution in [2.45, 2.75) is 87.3 Å². The van der Waals surface area contributed by atoms with Crippen LogP contribution in [0.4, 0.5) is 0 Å². The van der Waals surface area contributed by atoms with Crippen molar-refractivity contribution in [1.29, 1.82) is 0 Å². The van der Waals surface area contributed by atoms with E-state index in [0.29, 0.717) is 12.8 Å². The fourth-order valence-corrected chi connectivity index (χ4v) is 4.23. The molecule has 0 spiro atoms. The molecule has 150 valence electrons. The van der Waals surface area contributed by atoms with Gasteiger partial charge >= 0.3 is 0 Å². The van der Waals surface area contributed by atoms with Gasteiger partial charge < -0.3 is 0 Å². The first-order valence-electron chi connectivity index (χ1n) is 9.24. The molecule has 0 unspecified atom stereocenters. The van der Waals surface area contributed by atoms with E-state index >= 15 is 0 Å². The molecular formula is C18H30O6S2. The maximum Gasteiger partial charge on any atom is 0.294 e. The third-order valence-electron chi connectivity index (χ3n) is 4.41. The second kappa shape index (κ2) is 11.0. The molecule has 1 aromatic rings. The van der Waals surface area contributed by atoms with E-state index in [2.05, 4.69) is 6.92 Å². The van der Waals surface area contributed by atoms with Crippen molar-refractivity contribution in [2.75, 3.05) is 0 Å². The van der Waals surface area contributed by atoms with Crippen molar-refractivity contribution in [1.82, 2.24) is 0 Å². The predicted octanol–water partition coefficient (Wildman–Crippen LogP) is 4.64. The van der Waals surface area contributed by atoms with Crippen LogP contribution in [-0.4, -0.2) is 25.9 Å². The van der Waals surface area contributed by atoms with E-state index < -0.39 is 20.2 Å². The number of unbranched alkanes of at least 4 members (excludes halogenated alkanes) is 9. The van der Waals surface area contributed by atoms with Gasteiger partial charge in [-0.1, -0.05) is 64.7 Å². The minimum absolute atomic E-state index is 0.210. The molecule has 2 N–H and O–H groups in total. The Morgan fingerprint density at radius 2 is 1.23 bits per heavy atom.